The summed E-state index contributed by atoms with van der Waals surface area (Å²) in [4.78, 5) is 0. The Morgan fingerprint density at radius 3 is 2.44 bits per heavy atom. The van der Waals surface area contributed by atoms with Crippen molar-refractivity contribution in [1.82, 2.24) is 0 Å². The zero-order valence-electron chi connectivity index (χ0n) is 10.3. The summed E-state index contributed by atoms with van der Waals surface area (Å²) < 4.78 is 5.50. The number of methoxy groups -OCH3 is 1. The van der Waals surface area contributed by atoms with Crippen LogP contribution in [0, 0.1) is 13.8 Å². The van der Waals surface area contributed by atoms with E-state index in [1.165, 1.54) is 17.5 Å². The molecule has 1 N–H and O–H groups in total. The van der Waals surface area contributed by atoms with Crippen LogP contribution in [0.2, 0.25) is 0 Å². The normalized spacial score (nSPS) is 18.0. The Bertz CT molecular complexity index is 386. The van der Waals surface area contributed by atoms with Crippen LogP contribution in [0.5, 0.6) is 5.75 Å². The van der Waals surface area contributed by atoms with Crippen molar-refractivity contribution in [2.75, 3.05) is 13.7 Å². The number of hydrogen-bond donors (Lipinski definition) is 1. The maximum atomic E-state index is 9.64. The molecule has 1 aromatic rings. The molecule has 0 aliphatic heterocycles. The van der Waals surface area contributed by atoms with E-state index >= 15 is 0 Å². The molecule has 1 aliphatic carbocycles. The van der Waals surface area contributed by atoms with Crippen molar-refractivity contribution in [3.8, 4) is 5.75 Å². The second-order valence-electron chi connectivity index (χ2n) is 4.95. The van der Waals surface area contributed by atoms with Gasteiger partial charge >= 0.3 is 0 Å². The van der Waals surface area contributed by atoms with Gasteiger partial charge < -0.3 is 9.84 Å². The molecular formula is C14H20O2. The number of aliphatic hydroxyl groups excluding tert-OH is 1. The standard InChI is InChI=1S/C14H20O2/c1-10-7-11(2)13(16-3)12(8-10)14(9-15)5-4-6-14/h7-8,15H,4-6,9H2,1-3H3. The minimum Gasteiger partial charge on any atom is -0.496 e. The van der Waals surface area contributed by atoms with Gasteiger partial charge in [0, 0.05) is 11.0 Å². The molecule has 0 atom stereocenters. The summed E-state index contributed by atoms with van der Waals surface area (Å²) in [7, 11) is 1.71. The number of benzene rings is 1. The molecule has 2 heteroatoms. The fourth-order valence-electron chi connectivity index (χ4n) is 2.74. The highest BCUT2D eigenvalue weighted by Gasteiger charge is 2.40. The van der Waals surface area contributed by atoms with E-state index in [4.69, 9.17) is 4.74 Å². The quantitative estimate of drug-likeness (QED) is 0.848. The molecule has 0 spiro atoms. The molecule has 0 heterocycles. The number of hydrogen-bond acceptors (Lipinski definition) is 2. The Morgan fingerprint density at radius 2 is 2.00 bits per heavy atom. The first-order chi connectivity index (χ1) is 7.63. The number of aliphatic hydroxyl groups is 1. The van der Waals surface area contributed by atoms with Gasteiger partial charge in [0.15, 0.2) is 0 Å². The lowest BCUT2D eigenvalue weighted by molar-refractivity contribution is 0.117. The monoisotopic (exact) mass is 220 g/mol. The maximum Gasteiger partial charge on any atom is 0.125 e. The van der Waals surface area contributed by atoms with Crippen LogP contribution in [0.15, 0.2) is 12.1 Å². The lowest BCUT2D eigenvalue weighted by Gasteiger charge is -2.42. The number of aryl methyl sites for hydroxylation is 2. The fraction of sp³-hybridized carbons (Fsp3) is 0.571. The summed E-state index contributed by atoms with van der Waals surface area (Å²) in [6, 6.07) is 4.30. The van der Waals surface area contributed by atoms with E-state index in [0.29, 0.717) is 0 Å². The van der Waals surface area contributed by atoms with Gasteiger partial charge in [-0.15, -0.1) is 0 Å². The minimum absolute atomic E-state index is 0.0396. The third kappa shape index (κ3) is 1.61. The van der Waals surface area contributed by atoms with Crippen molar-refractivity contribution < 1.29 is 9.84 Å². The molecule has 1 fully saturated rings. The van der Waals surface area contributed by atoms with E-state index in [1.54, 1.807) is 7.11 Å². The fourth-order valence-corrected chi connectivity index (χ4v) is 2.74. The van der Waals surface area contributed by atoms with Gasteiger partial charge in [-0.05, 0) is 32.3 Å². The van der Waals surface area contributed by atoms with Crippen molar-refractivity contribution in [1.29, 1.82) is 0 Å². The van der Waals surface area contributed by atoms with Crippen LogP contribution >= 0.6 is 0 Å². The van der Waals surface area contributed by atoms with E-state index in [-0.39, 0.29) is 12.0 Å². The van der Waals surface area contributed by atoms with E-state index in [2.05, 4.69) is 26.0 Å². The third-order valence-electron chi connectivity index (χ3n) is 3.81. The van der Waals surface area contributed by atoms with Crippen LogP contribution in [0.4, 0.5) is 0 Å². The van der Waals surface area contributed by atoms with Gasteiger partial charge in [-0.2, -0.15) is 0 Å². The molecular weight excluding hydrogens is 200 g/mol. The van der Waals surface area contributed by atoms with Gasteiger partial charge in [0.2, 0.25) is 0 Å². The first-order valence-corrected chi connectivity index (χ1v) is 5.89. The molecule has 0 radical (unpaired) electrons. The van der Waals surface area contributed by atoms with Crippen LogP contribution in [0.25, 0.3) is 0 Å². The van der Waals surface area contributed by atoms with Gasteiger partial charge in [-0.25, -0.2) is 0 Å². The SMILES string of the molecule is COc1c(C)cc(C)cc1C1(CO)CCC1. The molecule has 0 saturated heterocycles. The van der Waals surface area contributed by atoms with Crippen LogP contribution < -0.4 is 4.74 Å². The third-order valence-corrected chi connectivity index (χ3v) is 3.81. The van der Waals surface area contributed by atoms with Gasteiger partial charge in [0.1, 0.15) is 5.75 Å². The first kappa shape index (κ1) is 11.5. The predicted octanol–water partition coefficient (Wildman–Crippen LogP) is 2.73. The van der Waals surface area contributed by atoms with E-state index in [1.807, 2.05) is 0 Å². The lowest BCUT2D eigenvalue weighted by atomic mass is 9.64. The highest BCUT2D eigenvalue weighted by molar-refractivity contribution is 5.49. The van der Waals surface area contributed by atoms with E-state index < -0.39 is 0 Å². The second-order valence-corrected chi connectivity index (χ2v) is 4.95. The Labute approximate surface area is 97.3 Å². The summed E-state index contributed by atoms with van der Waals surface area (Å²) >= 11 is 0. The lowest BCUT2D eigenvalue weighted by Crippen LogP contribution is -2.38. The summed E-state index contributed by atoms with van der Waals surface area (Å²) in [5, 5.41) is 9.64. The zero-order chi connectivity index (χ0) is 11.8. The van der Waals surface area contributed by atoms with Crippen LogP contribution in [0.3, 0.4) is 0 Å². The summed E-state index contributed by atoms with van der Waals surface area (Å²) in [5.74, 6) is 0.958. The van der Waals surface area contributed by atoms with Gasteiger partial charge in [-0.3, -0.25) is 0 Å². The average molecular weight is 220 g/mol. The Balaban J connectivity index is 2.53. The number of rotatable bonds is 3. The zero-order valence-corrected chi connectivity index (χ0v) is 10.3. The van der Waals surface area contributed by atoms with Crippen molar-refractivity contribution in [2.24, 2.45) is 0 Å². The molecule has 2 rings (SSSR count). The Kier molecular flexibility index (Phi) is 2.94. The number of ether oxygens (including phenoxy) is 1. The molecule has 0 aromatic heterocycles. The van der Waals surface area contributed by atoms with E-state index in [9.17, 15) is 5.11 Å². The summed E-state index contributed by atoms with van der Waals surface area (Å²) in [6.07, 6.45) is 3.35. The van der Waals surface area contributed by atoms with Gasteiger partial charge in [-0.1, -0.05) is 24.1 Å². The summed E-state index contributed by atoms with van der Waals surface area (Å²) in [6.45, 7) is 4.39. The molecule has 1 aromatic carbocycles. The topological polar surface area (TPSA) is 29.5 Å². The molecule has 1 saturated carbocycles. The maximum absolute atomic E-state index is 9.64. The molecule has 88 valence electrons. The summed E-state index contributed by atoms with van der Waals surface area (Å²) in [5.41, 5.74) is 3.56. The smallest absolute Gasteiger partial charge is 0.125 e. The van der Waals surface area contributed by atoms with E-state index in [0.717, 1.165) is 24.2 Å². The van der Waals surface area contributed by atoms with Crippen molar-refractivity contribution in [2.45, 2.75) is 38.5 Å². The first-order valence-electron chi connectivity index (χ1n) is 5.89. The molecule has 0 unspecified atom stereocenters. The van der Waals surface area contributed by atoms with Crippen molar-refractivity contribution in [3.63, 3.8) is 0 Å². The van der Waals surface area contributed by atoms with Crippen LogP contribution in [-0.2, 0) is 5.41 Å². The molecule has 16 heavy (non-hydrogen) atoms. The Morgan fingerprint density at radius 1 is 1.31 bits per heavy atom. The van der Waals surface area contributed by atoms with Crippen molar-refractivity contribution >= 4 is 0 Å². The Hall–Kier alpha value is -1.02. The highest BCUT2D eigenvalue weighted by atomic mass is 16.5. The van der Waals surface area contributed by atoms with Crippen molar-refractivity contribution in [3.05, 3.63) is 28.8 Å². The molecule has 0 bridgehead atoms. The van der Waals surface area contributed by atoms with Crippen LogP contribution in [0.1, 0.15) is 36.0 Å². The van der Waals surface area contributed by atoms with Gasteiger partial charge in [0.05, 0.1) is 13.7 Å². The van der Waals surface area contributed by atoms with Crippen LogP contribution in [-0.4, -0.2) is 18.8 Å². The molecule has 0 amide bonds. The second kappa shape index (κ2) is 4.10. The average Bonchev–Trinajstić information content (AvgIpc) is 2.16. The largest absolute Gasteiger partial charge is 0.496 e. The predicted molar refractivity (Wildman–Crippen MR) is 65.1 cm³/mol. The molecule has 2 nitrogen and oxygen atoms in total. The minimum atomic E-state index is -0.0396. The van der Waals surface area contributed by atoms with Gasteiger partial charge in [0.25, 0.3) is 0 Å². The highest BCUT2D eigenvalue weighted by Crippen LogP contribution is 2.47. The molecule has 1 aliphatic rings.